The molecule has 4 N–H and O–H groups in total. The fourth-order valence-electron chi connectivity index (χ4n) is 4.70. The third kappa shape index (κ3) is 5.38. The Bertz CT molecular complexity index is 1110. The van der Waals surface area contributed by atoms with Gasteiger partial charge in [-0.1, -0.05) is 63.4 Å². The fraction of sp³-hybridized carbons (Fsp3) is 0.407. The highest BCUT2D eigenvalue weighted by atomic mass is 16.2. The van der Waals surface area contributed by atoms with Gasteiger partial charge >= 0.3 is 6.03 Å². The van der Waals surface area contributed by atoms with Crippen LogP contribution in [0.3, 0.4) is 0 Å². The molecule has 1 fully saturated rings. The van der Waals surface area contributed by atoms with E-state index >= 15 is 0 Å². The first-order valence-electron chi connectivity index (χ1n) is 12.0. The molecule has 33 heavy (non-hydrogen) atoms. The van der Waals surface area contributed by atoms with E-state index in [-0.39, 0.29) is 11.9 Å². The molecule has 3 aromatic rings. The first-order chi connectivity index (χ1) is 16.0. The smallest absolute Gasteiger partial charge is 0.315 e. The zero-order chi connectivity index (χ0) is 23.3. The van der Waals surface area contributed by atoms with Gasteiger partial charge in [-0.3, -0.25) is 4.79 Å². The predicted molar refractivity (Wildman–Crippen MR) is 134 cm³/mol. The Kier molecular flexibility index (Phi) is 7.02. The minimum Gasteiger partial charge on any atom is -0.361 e. The summed E-state index contributed by atoms with van der Waals surface area (Å²) in [4.78, 5) is 29.4. The SMILES string of the molecule is CC(C)c1cccc(NC(=O)C2(NC(=O)NCCc3c[nH]c4ccccc34)CCCCC2)c1. The number of para-hydroxylation sites is 1. The molecule has 0 atom stereocenters. The Morgan fingerprint density at radius 2 is 1.82 bits per heavy atom. The van der Waals surface area contributed by atoms with Crippen molar-refractivity contribution in [2.24, 2.45) is 0 Å². The second-order valence-electron chi connectivity index (χ2n) is 9.37. The Morgan fingerprint density at radius 3 is 2.61 bits per heavy atom. The Labute approximate surface area is 195 Å². The van der Waals surface area contributed by atoms with E-state index in [1.807, 2.05) is 42.6 Å². The molecule has 6 heteroatoms. The van der Waals surface area contributed by atoms with Crippen LogP contribution in [0.15, 0.2) is 54.7 Å². The number of amides is 3. The van der Waals surface area contributed by atoms with Crippen molar-refractivity contribution >= 4 is 28.5 Å². The number of H-pyrrole nitrogens is 1. The molecule has 1 aromatic heterocycles. The number of aromatic nitrogens is 1. The summed E-state index contributed by atoms with van der Waals surface area (Å²) in [6.45, 7) is 4.76. The fourth-order valence-corrected chi connectivity index (χ4v) is 4.70. The van der Waals surface area contributed by atoms with Crippen molar-refractivity contribution in [3.05, 3.63) is 65.9 Å². The summed E-state index contributed by atoms with van der Waals surface area (Å²) < 4.78 is 0. The van der Waals surface area contributed by atoms with Crippen LogP contribution in [0.4, 0.5) is 10.5 Å². The first kappa shape index (κ1) is 22.9. The number of aromatic amines is 1. The van der Waals surface area contributed by atoms with E-state index in [0.717, 1.165) is 36.9 Å². The van der Waals surface area contributed by atoms with Crippen molar-refractivity contribution in [1.82, 2.24) is 15.6 Å². The zero-order valence-electron chi connectivity index (χ0n) is 19.5. The molecule has 4 rings (SSSR count). The quantitative estimate of drug-likeness (QED) is 0.388. The van der Waals surface area contributed by atoms with Gasteiger partial charge in [0.1, 0.15) is 5.54 Å². The Balaban J connectivity index is 1.38. The molecule has 1 aliphatic rings. The second kappa shape index (κ2) is 10.1. The molecule has 6 nitrogen and oxygen atoms in total. The highest BCUT2D eigenvalue weighted by Crippen LogP contribution is 2.30. The maximum Gasteiger partial charge on any atom is 0.315 e. The number of hydrogen-bond donors (Lipinski definition) is 4. The van der Waals surface area contributed by atoms with Crippen LogP contribution in [0.25, 0.3) is 10.9 Å². The monoisotopic (exact) mass is 446 g/mol. The summed E-state index contributed by atoms with van der Waals surface area (Å²) in [5, 5.41) is 10.2. The molecule has 2 aromatic carbocycles. The molecule has 0 saturated heterocycles. The van der Waals surface area contributed by atoms with Gasteiger partial charge in [0.15, 0.2) is 0 Å². The molecule has 1 saturated carbocycles. The second-order valence-corrected chi connectivity index (χ2v) is 9.37. The maximum absolute atomic E-state index is 13.4. The van der Waals surface area contributed by atoms with Crippen LogP contribution in [-0.2, 0) is 11.2 Å². The lowest BCUT2D eigenvalue weighted by atomic mass is 9.81. The van der Waals surface area contributed by atoms with E-state index in [4.69, 9.17) is 0 Å². The lowest BCUT2D eigenvalue weighted by Crippen LogP contribution is -2.60. The van der Waals surface area contributed by atoms with Crippen molar-refractivity contribution < 1.29 is 9.59 Å². The lowest BCUT2D eigenvalue weighted by molar-refractivity contribution is -0.123. The van der Waals surface area contributed by atoms with Crippen molar-refractivity contribution in [1.29, 1.82) is 0 Å². The number of hydrogen-bond acceptors (Lipinski definition) is 2. The topological polar surface area (TPSA) is 86.0 Å². The third-order valence-electron chi connectivity index (χ3n) is 6.66. The molecule has 3 amide bonds. The Morgan fingerprint density at radius 1 is 1.03 bits per heavy atom. The summed E-state index contributed by atoms with van der Waals surface area (Å²) >= 11 is 0. The van der Waals surface area contributed by atoms with Crippen molar-refractivity contribution in [2.75, 3.05) is 11.9 Å². The lowest BCUT2D eigenvalue weighted by Gasteiger charge is -2.36. The number of carbonyl (C=O) groups excluding carboxylic acids is 2. The molecule has 0 aliphatic heterocycles. The minimum absolute atomic E-state index is 0.130. The van der Waals surface area contributed by atoms with E-state index < -0.39 is 5.54 Å². The van der Waals surface area contributed by atoms with Crippen LogP contribution >= 0.6 is 0 Å². The van der Waals surface area contributed by atoms with Gasteiger partial charge in [-0.2, -0.15) is 0 Å². The number of fused-ring (bicyclic) bond motifs is 1. The van der Waals surface area contributed by atoms with Crippen LogP contribution < -0.4 is 16.0 Å². The number of rotatable bonds is 7. The number of anilines is 1. The van der Waals surface area contributed by atoms with Gasteiger partial charge in [0.25, 0.3) is 0 Å². The zero-order valence-corrected chi connectivity index (χ0v) is 19.5. The van der Waals surface area contributed by atoms with Crippen LogP contribution in [0.1, 0.15) is 63.0 Å². The summed E-state index contributed by atoms with van der Waals surface area (Å²) in [7, 11) is 0. The predicted octanol–water partition coefficient (Wildman–Crippen LogP) is 5.47. The van der Waals surface area contributed by atoms with Gasteiger partial charge in [-0.05, 0) is 54.5 Å². The maximum atomic E-state index is 13.4. The van der Waals surface area contributed by atoms with Gasteiger partial charge in [0.05, 0.1) is 0 Å². The van der Waals surface area contributed by atoms with E-state index in [2.05, 4.69) is 46.9 Å². The van der Waals surface area contributed by atoms with Crippen molar-refractivity contribution in [3.63, 3.8) is 0 Å². The summed E-state index contributed by atoms with van der Waals surface area (Å²) in [6.07, 6.45) is 6.95. The summed E-state index contributed by atoms with van der Waals surface area (Å²) in [5.41, 5.74) is 3.33. The van der Waals surface area contributed by atoms with E-state index in [9.17, 15) is 9.59 Å². The largest absolute Gasteiger partial charge is 0.361 e. The average Bonchev–Trinajstić information content (AvgIpc) is 3.23. The average molecular weight is 447 g/mol. The van der Waals surface area contributed by atoms with E-state index in [1.54, 1.807) is 0 Å². The summed E-state index contributed by atoms with van der Waals surface area (Å²) in [5.74, 6) is 0.251. The van der Waals surface area contributed by atoms with E-state index in [1.165, 1.54) is 16.5 Å². The van der Waals surface area contributed by atoms with Crippen LogP contribution in [-0.4, -0.2) is 29.0 Å². The normalized spacial score (nSPS) is 15.4. The number of nitrogens with one attached hydrogen (secondary N) is 4. The van der Waals surface area contributed by atoms with Crippen LogP contribution in [0.5, 0.6) is 0 Å². The van der Waals surface area contributed by atoms with Crippen molar-refractivity contribution in [2.45, 2.75) is 63.8 Å². The first-order valence-corrected chi connectivity index (χ1v) is 12.0. The molecule has 174 valence electrons. The van der Waals surface area contributed by atoms with Crippen LogP contribution in [0.2, 0.25) is 0 Å². The molecular formula is C27H34N4O2. The molecule has 0 spiro atoms. The van der Waals surface area contributed by atoms with Gasteiger partial charge in [0.2, 0.25) is 5.91 Å². The molecule has 0 unspecified atom stereocenters. The number of urea groups is 1. The highest BCUT2D eigenvalue weighted by molar-refractivity contribution is 6.00. The van der Waals surface area contributed by atoms with E-state index in [0.29, 0.717) is 25.3 Å². The van der Waals surface area contributed by atoms with Gasteiger partial charge < -0.3 is 20.9 Å². The standard InChI is InChI=1S/C27H34N4O2/c1-19(2)20-9-8-10-22(17-20)30-25(32)27(14-6-3-7-15-27)31-26(33)28-16-13-21-18-29-24-12-5-4-11-23(21)24/h4-5,8-12,17-19,29H,3,6-7,13-16H2,1-2H3,(H,30,32)(H2,28,31,33). The molecule has 0 bridgehead atoms. The Hall–Kier alpha value is -3.28. The molecule has 1 aliphatic carbocycles. The van der Waals surface area contributed by atoms with Crippen LogP contribution in [0, 0.1) is 0 Å². The van der Waals surface area contributed by atoms with Gasteiger partial charge in [-0.15, -0.1) is 0 Å². The van der Waals surface area contributed by atoms with Gasteiger partial charge in [0, 0.05) is 29.3 Å². The highest BCUT2D eigenvalue weighted by Gasteiger charge is 2.41. The summed E-state index contributed by atoms with van der Waals surface area (Å²) in [6, 6.07) is 15.8. The molecule has 0 radical (unpaired) electrons. The minimum atomic E-state index is -0.878. The third-order valence-corrected chi connectivity index (χ3v) is 6.66. The molecular weight excluding hydrogens is 412 g/mol. The molecule has 1 heterocycles. The number of benzene rings is 2. The van der Waals surface area contributed by atoms with Crippen molar-refractivity contribution in [3.8, 4) is 0 Å². The van der Waals surface area contributed by atoms with Gasteiger partial charge in [-0.25, -0.2) is 4.79 Å². The number of carbonyl (C=O) groups is 2.